The second-order valence-corrected chi connectivity index (χ2v) is 6.53. The van der Waals surface area contributed by atoms with Gasteiger partial charge in [-0.2, -0.15) is 0 Å². The van der Waals surface area contributed by atoms with Gasteiger partial charge >= 0.3 is 0 Å². The van der Waals surface area contributed by atoms with Gasteiger partial charge in [0.25, 0.3) is 0 Å². The van der Waals surface area contributed by atoms with Crippen LogP contribution in [0.25, 0.3) is 0 Å². The van der Waals surface area contributed by atoms with Crippen LogP contribution in [0.4, 0.5) is 11.5 Å². The molecule has 1 aromatic heterocycles. The molecule has 0 radical (unpaired) electrons. The molecule has 1 aromatic carbocycles. The molecular weight excluding hydrogens is 398 g/mol. The molecule has 0 fully saturated rings. The van der Waals surface area contributed by atoms with Crippen molar-refractivity contribution < 1.29 is 4.79 Å². The number of amides is 1. The van der Waals surface area contributed by atoms with Crippen LogP contribution in [0.2, 0.25) is 0 Å². The molecule has 2 rings (SSSR count). The van der Waals surface area contributed by atoms with Crippen LogP contribution in [0.5, 0.6) is 0 Å². The minimum atomic E-state index is -0.0763. The number of halogens is 2. The van der Waals surface area contributed by atoms with Gasteiger partial charge in [0.15, 0.2) is 0 Å². The van der Waals surface area contributed by atoms with E-state index in [1.165, 1.54) is 0 Å². The molecule has 0 saturated heterocycles. The van der Waals surface area contributed by atoms with Crippen LogP contribution in [-0.2, 0) is 4.79 Å². The van der Waals surface area contributed by atoms with Crippen molar-refractivity contribution in [3.8, 4) is 0 Å². The third-order valence-electron chi connectivity index (χ3n) is 2.95. The highest BCUT2D eigenvalue weighted by Gasteiger charge is 2.10. The maximum absolute atomic E-state index is 12.1. The first kappa shape index (κ1) is 16.0. The molecule has 1 N–H and O–H groups in total. The van der Waals surface area contributed by atoms with Crippen molar-refractivity contribution >= 4 is 49.3 Å². The SMILES string of the molecule is Cc1cc(Br)ccc1NC(=O)CN(C)c1ccc(Br)cn1. The fraction of sp³-hybridized carbons (Fsp3) is 0.200. The summed E-state index contributed by atoms with van der Waals surface area (Å²) >= 11 is 6.75. The molecule has 0 unspecified atom stereocenters. The first-order valence-electron chi connectivity index (χ1n) is 6.34. The number of rotatable bonds is 4. The zero-order chi connectivity index (χ0) is 15.4. The Morgan fingerprint density at radius 1 is 1.24 bits per heavy atom. The van der Waals surface area contributed by atoms with Crippen molar-refractivity contribution in [3.05, 3.63) is 51.0 Å². The number of pyridine rings is 1. The van der Waals surface area contributed by atoms with Gasteiger partial charge in [0.2, 0.25) is 5.91 Å². The van der Waals surface area contributed by atoms with E-state index in [1.807, 2.05) is 44.3 Å². The smallest absolute Gasteiger partial charge is 0.243 e. The molecule has 0 aliphatic heterocycles. The number of aromatic nitrogens is 1. The number of nitrogens with zero attached hydrogens (tertiary/aromatic N) is 2. The second-order valence-electron chi connectivity index (χ2n) is 4.70. The number of nitrogens with one attached hydrogen (secondary N) is 1. The standard InChI is InChI=1S/C15H15Br2N3O/c1-10-7-11(16)3-5-13(10)19-15(21)9-20(2)14-6-4-12(17)8-18-14/h3-8H,9H2,1-2H3,(H,19,21). The van der Waals surface area contributed by atoms with Gasteiger partial charge in [0.1, 0.15) is 5.82 Å². The zero-order valence-corrected chi connectivity index (χ0v) is 14.9. The van der Waals surface area contributed by atoms with Gasteiger partial charge in [-0.05, 0) is 58.7 Å². The molecule has 0 aliphatic carbocycles. The number of benzene rings is 1. The van der Waals surface area contributed by atoms with Gasteiger partial charge in [-0.15, -0.1) is 0 Å². The summed E-state index contributed by atoms with van der Waals surface area (Å²) in [4.78, 5) is 18.2. The number of aryl methyl sites for hydroxylation is 1. The van der Waals surface area contributed by atoms with Crippen LogP contribution >= 0.6 is 31.9 Å². The Balaban J connectivity index is 1.99. The molecule has 1 heterocycles. The zero-order valence-electron chi connectivity index (χ0n) is 11.7. The lowest BCUT2D eigenvalue weighted by molar-refractivity contribution is -0.114. The second kappa shape index (κ2) is 7.04. The van der Waals surface area contributed by atoms with Gasteiger partial charge in [0, 0.05) is 27.9 Å². The summed E-state index contributed by atoms with van der Waals surface area (Å²) in [6, 6.07) is 9.52. The molecule has 0 aliphatic rings. The van der Waals surface area contributed by atoms with E-state index >= 15 is 0 Å². The number of carbonyl (C=O) groups excluding carboxylic acids is 1. The number of carbonyl (C=O) groups is 1. The summed E-state index contributed by atoms with van der Waals surface area (Å²) in [6.45, 7) is 2.20. The lowest BCUT2D eigenvalue weighted by atomic mass is 10.2. The van der Waals surface area contributed by atoms with Crippen molar-refractivity contribution in [2.45, 2.75) is 6.92 Å². The monoisotopic (exact) mass is 411 g/mol. The largest absolute Gasteiger partial charge is 0.350 e. The maximum Gasteiger partial charge on any atom is 0.243 e. The van der Waals surface area contributed by atoms with Crippen LogP contribution in [0.15, 0.2) is 45.5 Å². The number of hydrogen-bond donors (Lipinski definition) is 1. The predicted molar refractivity (Wildman–Crippen MR) is 92.7 cm³/mol. The molecule has 0 atom stereocenters. The van der Waals surface area contributed by atoms with Crippen LogP contribution in [0.1, 0.15) is 5.56 Å². The van der Waals surface area contributed by atoms with E-state index in [2.05, 4.69) is 42.2 Å². The van der Waals surface area contributed by atoms with Crippen molar-refractivity contribution in [1.82, 2.24) is 4.98 Å². The topological polar surface area (TPSA) is 45.2 Å². The molecule has 0 bridgehead atoms. The van der Waals surface area contributed by atoms with Gasteiger partial charge in [0.05, 0.1) is 6.54 Å². The summed E-state index contributed by atoms with van der Waals surface area (Å²) in [5.41, 5.74) is 1.84. The van der Waals surface area contributed by atoms with Crippen LogP contribution in [0, 0.1) is 6.92 Å². The van der Waals surface area contributed by atoms with Crippen molar-refractivity contribution in [2.75, 3.05) is 23.8 Å². The predicted octanol–water partition coefficient (Wildman–Crippen LogP) is 3.99. The fourth-order valence-electron chi connectivity index (χ4n) is 1.85. The quantitative estimate of drug-likeness (QED) is 0.825. The Bertz CT molecular complexity index is 644. The minimum absolute atomic E-state index is 0.0763. The highest BCUT2D eigenvalue weighted by Crippen LogP contribution is 2.20. The normalized spacial score (nSPS) is 10.3. The summed E-state index contributed by atoms with van der Waals surface area (Å²) in [5, 5.41) is 2.91. The minimum Gasteiger partial charge on any atom is -0.350 e. The third-order valence-corrected chi connectivity index (χ3v) is 3.91. The average molecular weight is 413 g/mol. The molecular formula is C15H15Br2N3O. The Hall–Kier alpha value is -1.40. The summed E-state index contributed by atoms with van der Waals surface area (Å²) in [5.74, 6) is 0.675. The highest BCUT2D eigenvalue weighted by atomic mass is 79.9. The maximum atomic E-state index is 12.1. The molecule has 0 saturated carbocycles. The van der Waals surface area contributed by atoms with Crippen LogP contribution in [0.3, 0.4) is 0 Å². The van der Waals surface area contributed by atoms with E-state index in [0.29, 0.717) is 0 Å². The van der Waals surface area contributed by atoms with E-state index in [9.17, 15) is 4.79 Å². The molecule has 110 valence electrons. The lowest BCUT2D eigenvalue weighted by Crippen LogP contribution is -2.30. The summed E-state index contributed by atoms with van der Waals surface area (Å²) < 4.78 is 1.91. The number of anilines is 2. The molecule has 0 spiro atoms. The Labute approximate surface area is 140 Å². The van der Waals surface area contributed by atoms with E-state index in [0.717, 1.165) is 26.0 Å². The van der Waals surface area contributed by atoms with E-state index in [4.69, 9.17) is 0 Å². The van der Waals surface area contributed by atoms with Crippen molar-refractivity contribution in [3.63, 3.8) is 0 Å². The average Bonchev–Trinajstić information content (AvgIpc) is 2.42. The third kappa shape index (κ3) is 4.54. The molecule has 1 amide bonds. The lowest BCUT2D eigenvalue weighted by Gasteiger charge is -2.18. The molecule has 21 heavy (non-hydrogen) atoms. The first-order valence-corrected chi connectivity index (χ1v) is 7.93. The van der Waals surface area contributed by atoms with Gasteiger partial charge in [-0.1, -0.05) is 15.9 Å². The molecule has 2 aromatic rings. The molecule has 4 nitrogen and oxygen atoms in total. The van der Waals surface area contributed by atoms with E-state index in [-0.39, 0.29) is 12.5 Å². The van der Waals surface area contributed by atoms with Crippen LogP contribution in [-0.4, -0.2) is 24.5 Å². The van der Waals surface area contributed by atoms with E-state index < -0.39 is 0 Å². The number of likely N-dealkylation sites (N-methyl/N-ethyl adjacent to an activating group) is 1. The van der Waals surface area contributed by atoms with Gasteiger partial charge in [-0.25, -0.2) is 4.98 Å². The van der Waals surface area contributed by atoms with Gasteiger partial charge in [-0.3, -0.25) is 4.79 Å². The highest BCUT2D eigenvalue weighted by molar-refractivity contribution is 9.10. The first-order chi connectivity index (χ1) is 9.95. The van der Waals surface area contributed by atoms with Crippen LogP contribution < -0.4 is 10.2 Å². The fourth-order valence-corrected chi connectivity index (χ4v) is 2.56. The van der Waals surface area contributed by atoms with Crippen molar-refractivity contribution in [1.29, 1.82) is 0 Å². The Morgan fingerprint density at radius 2 is 1.95 bits per heavy atom. The van der Waals surface area contributed by atoms with E-state index in [1.54, 1.807) is 11.1 Å². The van der Waals surface area contributed by atoms with Gasteiger partial charge < -0.3 is 10.2 Å². The molecule has 6 heteroatoms. The Morgan fingerprint density at radius 3 is 2.57 bits per heavy atom. The summed E-state index contributed by atoms with van der Waals surface area (Å²) in [6.07, 6.45) is 1.71. The Kier molecular flexibility index (Phi) is 5.36. The number of hydrogen-bond acceptors (Lipinski definition) is 3. The van der Waals surface area contributed by atoms with Crippen molar-refractivity contribution in [2.24, 2.45) is 0 Å². The summed E-state index contributed by atoms with van der Waals surface area (Å²) in [7, 11) is 1.84.